The van der Waals surface area contributed by atoms with E-state index in [-0.39, 0.29) is 6.04 Å². The number of rotatable bonds is 4. The molecule has 21 heavy (non-hydrogen) atoms. The Morgan fingerprint density at radius 1 is 1.10 bits per heavy atom. The van der Waals surface area contributed by atoms with E-state index in [1.165, 1.54) is 0 Å². The third kappa shape index (κ3) is 2.65. The Bertz CT molecular complexity index is 705. The first-order chi connectivity index (χ1) is 10.3. The van der Waals surface area contributed by atoms with E-state index in [1.54, 1.807) is 13.3 Å². The van der Waals surface area contributed by atoms with Crippen LogP contribution < -0.4 is 4.74 Å². The van der Waals surface area contributed by atoms with Crippen LogP contribution in [-0.4, -0.2) is 21.6 Å². The van der Waals surface area contributed by atoms with E-state index >= 15 is 0 Å². The van der Waals surface area contributed by atoms with Gasteiger partial charge in [-0.2, -0.15) is 0 Å². The molecule has 0 aliphatic rings. The predicted molar refractivity (Wildman–Crippen MR) is 82.3 cm³/mol. The minimum Gasteiger partial charge on any atom is -0.497 e. The highest BCUT2D eigenvalue weighted by Gasteiger charge is 2.14. The molecule has 0 amide bonds. The van der Waals surface area contributed by atoms with Gasteiger partial charge in [0, 0.05) is 24.2 Å². The zero-order valence-corrected chi connectivity index (χ0v) is 12.1. The Balaban J connectivity index is 2.02. The van der Waals surface area contributed by atoms with Gasteiger partial charge in [-0.3, -0.25) is 4.98 Å². The van der Waals surface area contributed by atoms with E-state index in [9.17, 15) is 0 Å². The molecule has 0 fully saturated rings. The Hall–Kier alpha value is -2.62. The highest BCUT2D eigenvalue weighted by molar-refractivity contribution is 5.67. The molecule has 2 aromatic heterocycles. The molecule has 3 rings (SSSR count). The summed E-state index contributed by atoms with van der Waals surface area (Å²) in [5.74, 6) is 0.854. The summed E-state index contributed by atoms with van der Waals surface area (Å²) in [6.45, 7) is 2.12. The molecule has 0 saturated heterocycles. The maximum Gasteiger partial charge on any atom is 0.118 e. The van der Waals surface area contributed by atoms with Crippen LogP contribution >= 0.6 is 0 Å². The molecule has 2 heterocycles. The van der Waals surface area contributed by atoms with Crippen molar-refractivity contribution in [2.75, 3.05) is 7.11 Å². The fraction of sp³-hybridized carbons (Fsp3) is 0.176. The van der Waals surface area contributed by atoms with E-state index in [0.717, 1.165) is 22.6 Å². The van der Waals surface area contributed by atoms with Crippen LogP contribution in [0.3, 0.4) is 0 Å². The van der Waals surface area contributed by atoms with Gasteiger partial charge in [-0.05, 0) is 30.7 Å². The average molecular weight is 279 g/mol. The lowest BCUT2D eigenvalue weighted by Crippen LogP contribution is -2.08. The van der Waals surface area contributed by atoms with Gasteiger partial charge < -0.3 is 9.30 Å². The topological polar surface area (TPSA) is 39.9 Å². The fourth-order valence-corrected chi connectivity index (χ4v) is 2.40. The number of benzene rings is 1. The van der Waals surface area contributed by atoms with E-state index in [4.69, 9.17) is 4.74 Å². The van der Waals surface area contributed by atoms with E-state index in [1.807, 2.05) is 36.9 Å². The van der Waals surface area contributed by atoms with E-state index in [0.29, 0.717) is 0 Å². The van der Waals surface area contributed by atoms with E-state index in [2.05, 4.69) is 39.7 Å². The average Bonchev–Trinajstić information content (AvgIpc) is 3.09. The monoisotopic (exact) mass is 279 g/mol. The third-order valence-electron chi connectivity index (χ3n) is 3.61. The van der Waals surface area contributed by atoms with Crippen LogP contribution in [-0.2, 0) is 0 Å². The second kappa shape index (κ2) is 5.79. The first-order valence-electron chi connectivity index (χ1n) is 6.86. The van der Waals surface area contributed by atoms with Crippen molar-refractivity contribution in [3.8, 4) is 16.9 Å². The molecule has 1 aromatic carbocycles. The van der Waals surface area contributed by atoms with Gasteiger partial charge in [0.05, 0.1) is 25.2 Å². The highest BCUT2D eigenvalue weighted by atomic mass is 16.5. The molecule has 4 nitrogen and oxygen atoms in total. The zero-order chi connectivity index (χ0) is 14.7. The number of imidazole rings is 1. The number of methoxy groups -OCH3 is 1. The molecule has 1 unspecified atom stereocenters. The van der Waals surface area contributed by atoms with Crippen LogP contribution in [0.1, 0.15) is 18.7 Å². The van der Waals surface area contributed by atoms with E-state index < -0.39 is 0 Å². The normalized spacial score (nSPS) is 12.1. The van der Waals surface area contributed by atoms with Crippen LogP contribution in [0.2, 0.25) is 0 Å². The minimum absolute atomic E-state index is 0.130. The molecule has 0 aliphatic carbocycles. The molecule has 0 spiro atoms. The second-order valence-electron chi connectivity index (χ2n) is 4.85. The quantitative estimate of drug-likeness (QED) is 0.733. The van der Waals surface area contributed by atoms with Crippen LogP contribution in [0.15, 0.2) is 61.3 Å². The van der Waals surface area contributed by atoms with Crippen molar-refractivity contribution >= 4 is 0 Å². The summed E-state index contributed by atoms with van der Waals surface area (Å²) in [6.07, 6.45) is 7.39. The van der Waals surface area contributed by atoms with Gasteiger partial charge >= 0.3 is 0 Å². The first-order valence-corrected chi connectivity index (χ1v) is 6.86. The Morgan fingerprint density at radius 3 is 2.57 bits per heavy atom. The van der Waals surface area contributed by atoms with Gasteiger partial charge in [0.15, 0.2) is 0 Å². The summed E-state index contributed by atoms with van der Waals surface area (Å²) >= 11 is 0. The number of ether oxygens (including phenoxy) is 1. The number of aromatic nitrogens is 3. The third-order valence-corrected chi connectivity index (χ3v) is 3.61. The molecule has 0 aliphatic heterocycles. The highest BCUT2D eigenvalue weighted by Crippen LogP contribution is 2.29. The summed E-state index contributed by atoms with van der Waals surface area (Å²) in [5, 5.41) is 0. The van der Waals surface area contributed by atoms with Gasteiger partial charge in [0.2, 0.25) is 0 Å². The van der Waals surface area contributed by atoms with Crippen molar-refractivity contribution < 1.29 is 4.74 Å². The summed E-state index contributed by atoms with van der Waals surface area (Å²) in [4.78, 5) is 8.69. The molecule has 0 radical (unpaired) electrons. The van der Waals surface area contributed by atoms with Gasteiger partial charge in [-0.1, -0.05) is 18.2 Å². The lowest BCUT2D eigenvalue weighted by molar-refractivity contribution is 0.415. The summed E-state index contributed by atoms with van der Waals surface area (Å²) in [7, 11) is 1.67. The maximum absolute atomic E-state index is 5.21. The number of hydrogen-bond acceptors (Lipinski definition) is 3. The van der Waals surface area contributed by atoms with Crippen molar-refractivity contribution in [2.24, 2.45) is 0 Å². The first kappa shape index (κ1) is 13.4. The molecule has 0 N–H and O–H groups in total. The molecule has 4 heteroatoms. The lowest BCUT2D eigenvalue weighted by atomic mass is 10.0. The molecule has 3 aromatic rings. The fourth-order valence-electron chi connectivity index (χ4n) is 2.40. The van der Waals surface area contributed by atoms with Crippen molar-refractivity contribution in [3.05, 3.63) is 67.0 Å². The number of hydrogen-bond donors (Lipinski definition) is 0. The summed E-state index contributed by atoms with van der Waals surface area (Å²) < 4.78 is 7.26. The zero-order valence-electron chi connectivity index (χ0n) is 12.1. The summed E-state index contributed by atoms with van der Waals surface area (Å²) in [6, 6.07) is 12.2. The second-order valence-corrected chi connectivity index (χ2v) is 4.85. The molecular weight excluding hydrogens is 262 g/mol. The van der Waals surface area contributed by atoms with Crippen LogP contribution in [0.4, 0.5) is 0 Å². The molecule has 106 valence electrons. The molecule has 0 bridgehead atoms. The van der Waals surface area contributed by atoms with Crippen LogP contribution in [0.5, 0.6) is 5.75 Å². The van der Waals surface area contributed by atoms with Crippen molar-refractivity contribution in [2.45, 2.75) is 13.0 Å². The van der Waals surface area contributed by atoms with Gasteiger partial charge in [0.25, 0.3) is 0 Å². The number of nitrogens with zero attached hydrogens (tertiary/aromatic N) is 3. The van der Waals surface area contributed by atoms with Gasteiger partial charge in [-0.15, -0.1) is 0 Å². The Morgan fingerprint density at radius 2 is 1.90 bits per heavy atom. The van der Waals surface area contributed by atoms with Crippen molar-refractivity contribution in [1.82, 2.24) is 14.5 Å². The lowest BCUT2D eigenvalue weighted by Gasteiger charge is -2.16. The standard InChI is InChI=1S/C17H17N3O/c1-13(20-11-10-18-12-20)17-16(4-3-9-19-17)14-5-7-15(21-2)8-6-14/h3-13H,1-2H3. The molecule has 1 atom stereocenters. The summed E-state index contributed by atoms with van der Waals surface area (Å²) in [5.41, 5.74) is 3.29. The maximum atomic E-state index is 5.21. The van der Waals surface area contributed by atoms with Gasteiger partial charge in [0.1, 0.15) is 5.75 Å². The minimum atomic E-state index is 0.130. The molecule has 0 saturated carbocycles. The predicted octanol–water partition coefficient (Wildman–Crippen LogP) is 3.56. The Labute approximate surface area is 124 Å². The van der Waals surface area contributed by atoms with Crippen molar-refractivity contribution in [3.63, 3.8) is 0 Å². The smallest absolute Gasteiger partial charge is 0.118 e. The van der Waals surface area contributed by atoms with Crippen molar-refractivity contribution in [1.29, 1.82) is 0 Å². The SMILES string of the molecule is COc1ccc(-c2cccnc2C(C)n2ccnc2)cc1. The largest absolute Gasteiger partial charge is 0.497 e. The van der Waals surface area contributed by atoms with Gasteiger partial charge in [-0.25, -0.2) is 4.98 Å². The van der Waals surface area contributed by atoms with Crippen LogP contribution in [0, 0.1) is 0 Å². The van der Waals surface area contributed by atoms with Crippen LogP contribution in [0.25, 0.3) is 11.1 Å². The Kier molecular flexibility index (Phi) is 3.69. The number of pyridine rings is 1. The molecular formula is C17H17N3O.